The van der Waals surface area contributed by atoms with E-state index in [1.54, 1.807) is 0 Å². The van der Waals surface area contributed by atoms with Crippen LogP contribution in [0.2, 0.25) is 0 Å². The molecule has 3 aromatic rings. The van der Waals surface area contributed by atoms with Crippen LogP contribution < -0.4 is 9.47 Å². The maximum absolute atomic E-state index is 13.5. The van der Waals surface area contributed by atoms with E-state index in [1.807, 2.05) is 36.4 Å². The van der Waals surface area contributed by atoms with Crippen molar-refractivity contribution in [2.45, 2.75) is 57.5 Å². The fraction of sp³-hybridized carbons (Fsp3) is 0.345. The number of rotatable bonds is 6. The third-order valence-electron chi connectivity index (χ3n) is 6.89. The summed E-state index contributed by atoms with van der Waals surface area (Å²) in [4.78, 5) is 13.5. The van der Waals surface area contributed by atoms with Crippen molar-refractivity contribution in [1.29, 1.82) is 0 Å². The van der Waals surface area contributed by atoms with Crippen LogP contribution in [-0.4, -0.2) is 17.7 Å². The molecule has 172 valence electrons. The van der Waals surface area contributed by atoms with Crippen LogP contribution in [0.3, 0.4) is 0 Å². The molecule has 4 nitrogen and oxygen atoms in total. The summed E-state index contributed by atoms with van der Waals surface area (Å²) in [6.07, 6.45) is 2.14. The summed E-state index contributed by atoms with van der Waals surface area (Å²) < 4.78 is 11.0. The molecule has 0 spiro atoms. The fourth-order valence-electron chi connectivity index (χ4n) is 4.83. The Labute approximate surface area is 196 Å². The highest BCUT2D eigenvalue weighted by Crippen LogP contribution is 2.51. The van der Waals surface area contributed by atoms with E-state index in [0.29, 0.717) is 6.42 Å². The summed E-state index contributed by atoms with van der Waals surface area (Å²) >= 11 is 0. The summed E-state index contributed by atoms with van der Waals surface area (Å²) in [7, 11) is 0. The van der Waals surface area contributed by atoms with Crippen LogP contribution in [-0.2, 0) is 28.7 Å². The summed E-state index contributed by atoms with van der Waals surface area (Å²) in [5.41, 5.74) is 5.88. The monoisotopic (exact) mass is 444 g/mol. The van der Waals surface area contributed by atoms with Crippen LogP contribution in [0.5, 0.6) is 11.5 Å². The number of ketones is 1. The number of hydrogen-bond acceptors (Lipinski definition) is 4. The summed E-state index contributed by atoms with van der Waals surface area (Å²) in [6, 6.07) is 20.3. The maximum atomic E-state index is 13.5. The molecule has 1 aliphatic heterocycles. The number of aliphatic hydroxyl groups excluding tert-OH is 1. The van der Waals surface area contributed by atoms with Crippen molar-refractivity contribution in [2.24, 2.45) is 0 Å². The van der Waals surface area contributed by atoms with Gasteiger partial charge in [-0.25, -0.2) is 0 Å². The van der Waals surface area contributed by atoms with Gasteiger partial charge in [0.25, 0.3) is 0 Å². The van der Waals surface area contributed by atoms with E-state index in [-0.39, 0.29) is 26.0 Å². The van der Waals surface area contributed by atoms with Gasteiger partial charge in [0.1, 0.15) is 5.78 Å². The largest absolute Gasteiger partial charge is 0.454 e. The van der Waals surface area contributed by atoms with E-state index in [0.717, 1.165) is 52.2 Å². The average Bonchev–Trinajstić information content (AvgIpc) is 3.49. The molecular weight excluding hydrogens is 412 g/mol. The number of carbonyl (C=O) groups is 1. The minimum absolute atomic E-state index is 0. The van der Waals surface area contributed by atoms with Gasteiger partial charge in [0.15, 0.2) is 11.5 Å². The van der Waals surface area contributed by atoms with Crippen LogP contribution >= 0.6 is 0 Å². The van der Waals surface area contributed by atoms with Crippen LogP contribution in [0.25, 0.3) is 11.1 Å². The molecule has 1 fully saturated rings. The van der Waals surface area contributed by atoms with Crippen molar-refractivity contribution >= 4 is 5.78 Å². The maximum Gasteiger partial charge on any atom is 0.231 e. The molecule has 0 saturated heterocycles. The third-order valence-corrected chi connectivity index (χ3v) is 6.89. The van der Waals surface area contributed by atoms with Gasteiger partial charge in [-0.3, -0.25) is 4.79 Å². The minimum atomic E-state index is -0.416. The second-order valence-corrected chi connectivity index (χ2v) is 10.2. The number of benzene rings is 3. The SMILES string of the molecule is CC(C)(C)c1ccc(CC(=O)C2(c3ccc4c(c3)OCO4)CC2)cc1-c1cccc(CO)c1.[HH]. The van der Waals surface area contributed by atoms with Gasteiger partial charge in [0, 0.05) is 7.85 Å². The molecule has 4 heteroatoms. The Hall–Kier alpha value is -3.11. The Morgan fingerprint density at radius 1 is 0.970 bits per heavy atom. The molecule has 1 aliphatic carbocycles. The summed E-state index contributed by atoms with van der Waals surface area (Å²) in [5.74, 6) is 1.72. The van der Waals surface area contributed by atoms with E-state index in [4.69, 9.17) is 9.47 Å². The number of Topliss-reactive ketones (excluding diaryl/α,β-unsaturated/α-hetero) is 1. The van der Waals surface area contributed by atoms with E-state index < -0.39 is 5.41 Å². The molecule has 0 atom stereocenters. The number of hydrogen-bond donors (Lipinski definition) is 1. The predicted octanol–water partition coefficient (Wildman–Crippen LogP) is 5.96. The highest BCUT2D eigenvalue weighted by atomic mass is 16.7. The normalized spacial score (nSPS) is 16.0. The van der Waals surface area contributed by atoms with Gasteiger partial charge in [-0.1, -0.05) is 63.2 Å². The first-order valence-corrected chi connectivity index (χ1v) is 11.6. The summed E-state index contributed by atoms with van der Waals surface area (Å²) in [5, 5.41) is 9.61. The van der Waals surface area contributed by atoms with Crippen LogP contribution in [0.15, 0.2) is 60.7 Å². The first-order chi connectivity index (χ1) is 15.8. The Bertz CT molecular complexity index is 1220. The van der Waals surface area contributed by atoms with Gasteiger partial charge in [0.05, 0.1) is 12.0 Å². The Balaban J connectivity index is 0.00000274. The van der Waals surface area contributed by atoms with Gasteiger partial charge in [0.2, 0.25) is 6.79 Å². The van der Waals surface area contributed by atoms with Crippen molar-refractivity contribution < 1.29 is 20.8 Å². The lowest BCUT2D eigenvalue weighted by Crippen LogP contribution is -2.22. The van der Waals surface area contributed by atoms with E-state index in [1.165, 1.54) is 5.56 Å². The quantitative estimate of drug-likeness (QED) is 0.510. The number of fused-ring (bicyclic) bond motifs is 1. The minimum Gasteiger partial charge on any atom is -0.454 e. The second kappa shape index (κ2) is 8.03. The molecule has 1 N–H and O–H groups in total. The zero-order chi connectivity index (χ0) is 23.2. The first-order valence-electron chi connectivity index (χ1n) is 11.6. The number of carbonyl (C=O) groups excluding carboxylic acids is 1. The number of aliphatic hydroxyl groups is 1. The van der Waals surface area contributed by atoms with Crippen molar-refractivity contribution in [3.8, 4) is 22.6 Å². The third kappa shape index (κ3) is 4.04. The summed E-state index contributed by atoms with van der Waals surface area (Å²) in [6.45, 7) is 6.84. The van der Waals surface area contributed by atoms with E-state index in [9.17, 15) is 9.90 Å². The topological polar surface area (TPSA) is 55.8 Å². The molecular formula is C29H32O4. The first kappa shape index (κ1) is 21.7. The highest BCUT2D eigenvalue weighted by molar-refractivity contribution is 5.95. The molecule has 0 bridgehead atoms. The molecule has 3 aromatic carbocycles. The van der Waals surface area contributed by atoms with Crippen molar-refractivity contribution in [1.82, 2.24) is 0 Å². The van der Waals surface area contributed by atoms with Gasteiger partial charge >= 0.3 is 0 Å². The Kier molecular flexibility index (Phi) is 5.29. The van der Waals surface area contributed by atoms with Crippen molar-refractivity contribution in [3.05, 3.63) is 82.9 Å². The van der Waals surface area contributed by atoms with Gasteiger partial charge < -0.3 is 14.6 Å². The Morgan fingerprint density at radius 2 is 1.76 bits per heavy atom. The second-order valence-electron chi connectivity index (χ2n) is 10.2. The van der Waals surface area contributed by atoms with Crippen molar-refractivity contribution in [2.75, 3.05) is 6.79 Å². The molecule has 2 aliphatic rings. The van der Waals surface area contributed by atoms with Crippen molar-refractivity contribution in [3.63, 3.8) is 0 Å². The average molecular weight is 445 g/mol. The lowest BCUT2D eigenvalue weighted by Gasteiger charge is -2.24. The van der Waals surface area contributed by atoms with Crippen LogP contribution in [0.4, 0.5) is 0 Å². The molecule has 0 aromatic heterocycles. The van der Waals surface area contributed by atoms with Gasteiger partial charge in [-0.15, -0.1) is 0 Å². The lowest BCUT2D eigenvalue weighted by molar-refractivity contribution is -0.120. The fourth-order valence-corrected chi connectivity index (χ4v) is 4.83. The van der Waals surface area contributed by atoms with Crippen LogP contribution in [0, 0.1) is 0 Å². The lowest BCUT2D eigenvalue weighted by atomic mass is 9.80. The van der Waals surface area contributed by atoms with Crippen LogP contribution in [0.1, 0.15) is 57.3 Å². The zero-order valence-corrected chi connectivity index (χ0v) is 19.5. The molecule has 0 amide bonds. The predicted molar refractivity (Wildman–Crippen MR) is 131 cm³/mol. The van der Waals surface area contributed by atoms with Gasteiger partial charge in [-0.2, -0.15) is 0 Å². The Morgan fingerprint density at radius 3 is 2.48 bits per heavy atom. The molecule has 1 heterocycles. The zero-order valence-electron chi connectivity index (χ0n) is 19.5. The van der Waals surface area contributed by atoms with E-state index >= 15 is 0 Å². The molecule has 33 heavy (non-hydrogen) atoms. The standard InChI is InChI=1S/C29H30O4.H2/c1-28(2,3)24-9-7-19(14-23(24)21-6-4-5-20(13-21)17-30)15-27(31)29(11-12-29)22-8-10-25-26(16-22)33-18-32-25;/h4-10,13-14,16,30H,11-12,15,17-18H2,1-3H3;1H. The smallest absolute Gasteiger partial charge is 0.231 e. The van der Waals surface area contributed by atoms with Gasteiger partial charge in [-0.05, 0) is 69.8 Å². The molecule has 5 rings (SSSR count). The molecule has 0 unspecified atom stereocenters. The molecule has 0 radical (unpaired) electrons. The molecule has 1 saturated carbocycles. The highest BCUT2D eigenvalue weighted by Gasteiger charge is 2.50. The van der Waals surface area contributed by atoms with E-state index in [2.05, 4.69) is 45.0 Å². The number of ether oxygens (including phenoxy) is 2.